The smallest absolute Gasteiger partial charge is 0.319 e. The molecular weight excluding hydrogens is 346 g/mol. The Hall–Kier alpha value is -3.06. The second kappa shape index (κ2) is 9.05. The van der Waals surface area contributed by atoms with Crippen molar-refractivity contribution in [3.05, 3.63) is 54.6 Å². The number of hydrogen-bond donors (Lipinski definition) is 3. The van der Waals surface area contributed by atoms with Crippen LogP contribution < -0.4 is 15.4 Å². The maximum atomic E-state index is 12.3. The van der Waals surface area contributed by atoms with Crippen LogP contribution in [-0.4, -0.2) is 55.3 Å². The van der Waals surface area contributed by atoms with Crippen molar-refractivity contribution in [3.8, 4) is 11.5 Å². The first-order chi connectivity index (χ1) is 12.7. The lowest BCUT2D eigenvalue weighted by Crippen LogP contribution is -2.50. The normalized spacial score (nSPS) is 12.1. The van der Waals surface area contributed by atoms with Crippen LogP contribution in [0.3, 0.4) is 0 Å². The van der Waals surface area contributed by atoms with Crippen molar-refractivity contribution in [3.63, 3.8) is 0 Å². The number of urea groups is 1. The lowest BCUT2D eigenvalue weighted by atomic mass is 10.2. The molecular formula is C20H26N3O4+. The van der Waals surface area contributed by atoms with Crippen molar-refractivity contribution in [1.29, 1.82) is 0 Å². The van der Waals surface area contributed by atoms with E-state index in [0.29, 0.717) is 28.2 Å². The molecule has 7 heteroatoms. The third kappa shape index (κ3) is 7.79. The molecule has 0 saturated carbocycles. The Bertz CT molecular complexity index is 772. The summed E-state index contributed by atoms with van der Waals surface area (Å²) in [6.45, 7) is 0.497. The van der Waals surface area contributed by atoms with Crippen LogP contribution >= 0.6 is 0 Å². The summed E-state index contributed by atoms with van der Waals surface area (Å²) in [5.74, 6) is 0.336. The SMILES string of the molecule is C[N+](C)(C)C[C@@H](CC(=O)O)NC(=O)Nc1cccc(Oc2ccccc2)c1. The average molecular weight is 372 g/mol. The Morgan fingerprint density at radius 2 is 1.70 bits per heavy atom. The van der Waals surface area contributed by atoms with Crippen molar-refractivity contribution in [2.45, 2.75) is 12.5 Å². The van der Waals surface area contributed by atoms with Gasteiger partial charge in [-0.3, -0.25) is 4.79 Å². The number of carboxylic acids is 1. The second-order valence-electron chi connectivity index (χ2n) is 7.31. The molecule has 0 aliphatic carbocycles. The van der Waals surface area contributed by atoms with E-state index in [4.69, 9.17) is 9.84 Å². The van der Waals surface area contributed by atoms with E-state index in [2.05, 4.69) is 10.6 Å². The molecule has 2 rings (SSSR count). The van der Waals surface area contributed by atoms with E-state index in [1.807, 2.05) is 51.5 Å². The summed E-state index contributed by atoms with van der Waals surface area (Å²) >= 11 is 0. The Labute approximate surface area is 159 Å². The van der Waals surface area contributed by atoms with Crippen LogP contribution in [0.4, 0.5) is 10.5 Å². The number of nitrogens with one attached hydrogen (secondary N) is 2. The summed E-state index contributed by atoms with van der Waals surface area (Å²) in [6, 6.07) is 15.4. The van der Waals surface area contributed by atoms with Crippen LogP contribution in [0, 0.1) is 0 Å². The number of likely N-dealkylation sites (N-methyl/N-ethyl adjacent to an activating group) is 1. The van der Waals surface area contributed by atoms with Gasteiger partial charge in [0.25, 0.3) is 0 Å². The standard InChI is InChI=1S/C20H25N3O4/c1-23(2,3)14-16(13-19(24)25)22-20(26)21-15-8-7-11-18(12-15)27-17-9-5-4-6-10-17/h4-12,16H,13-14H2,1-3H3,(H2-,21,22,24,25,26)/p+1/t16-/m1/s1. The van der Waals surface area contributed by atoms with Gasteiger partial charge in [0.15, 0.2) is 0 Å². The molecule has 2 aromatic rings. The van der Waals surface area contributed by atoms with Crippen LogP contribution in [0.15, 0.2) is 54.6 Å². The zero-order valence-electron chi connectivity index (χ0n) is 15.8. The molecule has 0 aliphatic rings. The molecule has 7 nitrogen and oxygen atoms in total. The first kappa shape index (κ1) is 20.3. The predicted octanol–water partition coefficient (Wildman–Crippen LogP) is 3.15. The van der Waals surface area contributed by atoms with Gasteiger partial charge in [0.05, 0.1) is 40.2 Å². The van der Waals surface area contributed by atoms with E-state index in [1.54, 1.807) is 24.3 Å². The summed E-state index contributed by atoms with van der Waals surface area (Å²) in [5.41, 5.74) is 0.556. The second-order valence-corrected chi connectivity index (χ2v) is 7.31. The van der Waals surface area contributed by atoms with Gasteiger partial charge in [-0.25, -0.2) is 4.79 Å². The number of hydrogen-bond acceptors (Lipinski definition) is 3. The molecule has 27 heavy (non-hydrogen) atoms. The first-order valence-corrected chi connectivity index (χ1v) is 8.64. The van der Waals surface area contributed by atoms with Gasteiger partial charge in [0.1, 0.15) is 11.5 Å². The van der Waals surface area contributed by atoms with E-state index in [0.717, 1.165) is 0 Å². The Morgan fingerprint density at radius 1 is 1.04 bits per heavy atom. The molecule has 0 spiro atoms. The lowest BCUT2D eigenvalue weighted by Gasteiger charge is -2.29. The molecule has 2 aromatic carbocycles. The number of amides is 2. The molecule has 0 bridgehead atoms. The Balaban J connectivity index is 1.99. The number of carboxylic acid groups (broad SMARTS) is 1. The number of benzene rings is 2. The first-order valence-electron chi connectivity index (χ1n) is 8.64. The summed E-state index contributed by atoms with van der Waals surface area (Å²) in [7, 11) is 5.83. The molecule has 0 aliphatic heterocycles. The van der Waals surface area contributed by atoms with Crippen LogP contribution in [-0.2, 0) is 4.79 Å². The van der Waals surface area contributed by atoms with Crippen LogP contribution in [0.1, 0.15) is 6.42 Å². The zero-order chi connectivity index (χ0) is 19.9. The topological polar surface area (TPSA) is 87.7 Å². The maximum absolute atomic E-state index is 12.3. The van der Waals surface area contributed by atoms with E-state index in [9.17, 15) is 9.59 Å². The minimum absolute atomic E-state index is 0.139. The van der Waals surface area contributed by atoms with Crippen molar-refractivity contribution >= 4 is 17.7 Å². The monoisotopic (exact) mass is 372 g/mol. The number of anilines is 1. The minimum atomic E-state index is -0.952. The van der Waals surface area contributed by atoms with Gasteiger partial charge in [0.2, 0.25) is 0 Å². The van der Waals surface area contributed by atoms with E-state index >= 15 is 0 Å². The van der Waals surface area contributed by atoms with E-state index in [1.165, 1.54) is 0 Å². The summed E-state index contributed by atoms with van der Waals surface area (Å²) < 4.78 is 6.29. The fourth-order valence-corrected chi connectivity index (χ4v) is 2.65. The third-order valence-electron chi connectivity index (χ3n) is 3.60. The number of ether oxygens (including phenoxy) is 1. The lowest BCUT2D eigenvalue weighted by molar-refractivity contribution is -0.871. The molecule has 0 aromatic heterocycles. The Morgan fingerprint density at radius 3 is 2.33 bits per heavy atom. The van der Waals surface area contributed by atoms with Gasteiger partial charge < -0.3 is 25.0 Å². The third-order valence-corrected chi connectivity index (χ3v) is 3.60. The molecule has 0 heterocycles. The molecule has 2 amide bonds. The number of carbonyl (C=O) groups is 2. The number of nitrogens with zero attached hydrogens (tertiary/aromatic N) is 1. The number of para-hydroxylation sites is 1. The van der Waals surface area contributed by atoms with Crippen LogP contribution in [0.2, 0.25) is 0 Å². The quantitative estimate of drug-likeness (QED) is 0.621. The van der Waals surface area contributed by atoms with Gasteiger partial charge in [-0.2, -0.15) is 0 Å². The van der Waals surface area contributed by atoms with Crippen molar-refractivity contribution < 1.29 is 23.9 Å². The van der Waals surface area contributed by atoms with Crippen molar-refractivity contribution in [2.75, 3.05) is 33.0 Å². The Kier molecular flexibility index (Phi) is 6.79. The largest absolute Gasteiger partial charge is 0.481 e. The fraction of sp³-hybridized carbons (Fsp3) is 0.300. The van der Waals surface area contributed by atoms with Gasteiger partial charge in [0, 0.05) is 11.8 Å². The molecule has 144 valence electrons. The highest BCUT2D eigenvalue weighted by Crippen LogP contribution is 2.23. The predicted molar refractivity (Wildman–Crippen MR) is 104 cm³/mol. The summed E-state index contributed by atoms with van der Waals surface area (Å²) in [6.07, 6.45) is -0.139. The molecule has 1 atom stereocenters. The van der Waals surface area contributed by atoms with Gasteiger partial charge in [-0.15, -0.1) is 0 Å². The highest BCUT2D eigenvalue weighted by molar-refractivity contribution is 5.90. The average Bonchev–Trinajstić information content (AvgIpc) is 2.53. The van der Waals surface area contributed by atoms with E-state index < -0.39 is 18.0 Å². The molecule has 0 radical (unpaired) electrons. The number of quaternary nitrogens is 1. The number of rotatable bonds is 8. The van der Waals surface area contributed by atoms with Gasteiger partial charge >= 0.3 is 12.0 Å². The molecule has 3 N–H and O–H groups in total. The van der Waals surface area contributed by atoms with Gasteiger partial charge in [-0.05, 0) is 24.3 Å². The minimum Gasteiger partial charge on any atom is -0.481 e. The molecule has 0 fully saturated rings. The summed E-state index contributed by atoms with van der Waals surface area (Å²) in [5, 5.41) is 14.5. The van der Waals surface area contributed by atoms with Crippen molar-refractivity contribution in [1.82, 2.24) is 5.32 Å². The highest BCUT2D eigenvalue weighted by atomic mass is 16.5. The fourth-order valence-electron chi connectivity index (χ4n) is 2.65. The van der Waals surface area contributed by atoms with Crippen LogP contribution in [0.25, 0.3) is 0 Å². The van der Waals surface area contributed by atoms with E-state index in [-0.39, 0.29) is 6.42 Å². The maximum Gasteiger partial charge on any atom is 0.319 e. The molecule has 0 unspecified atom stereocenters. The number of carbonyl (C=O) groups excluding carboxylic acids is 1. The summed E-state index contributed by atoms with van der Waals surface area (Å²) in [4.78, 5) is 23.4. The number of aliphatic carboxylic acids is 1. The van der Waals surface area contributed by atoms with Gasteiger partial charge in [-0.1, -0.05) is 24.3 Å². The zero-order valence-corrected chi connectivity index (χ0v) is 15.8. The van der Waals surface area contributed by atoms with Crippen LogP contribution in [0.5, 0.6) is 11.5 Å². The highest BCUT2D eigenvalue weighted by Gasteiger charge is 2.22. The molecule has 0 saturated heterocycles. The van der Waals surface area contributed by atoms with Crippen molar-refractivity contribution in [2.24, 2.45) is 0 Å².